The third kappa shape index (κ3) is 5.60. The zero-order valence-corrected chi connectivity index (χ0v) is 10.5. The van der Waals surface area contributed by atoms with E-state index in [1.807, 2.05) is 5.32 Å². The predicted octanol–water partition coefficient (Wildman–Crippen LogP) is 2.20. The average Bonchev–Trinajstić information content (AvgIpc) is 2.25. The van der Waals surface area contributed by atoms with E-state index in [0.29, 0.717) is 0 Å². The van der Waals surface area contributed by atoms with Crippen LogP contribution >= 0.6 is 0 Å². The van der Waals surface area contributed by atoms with Crippen molar-refractivity contribution in [2.24, 2.45) is 0 Å². The second kappa shape index (κ2) is 5.47. The van der Waals surface area contributed by atoms with Crippen molar-refractivity contribution in [1.29, 1.82) is 0 Å². The van der Waals surface area contributed by atoms with Crippen molar-refractivity contribution < 1.29 is 31.1 Å². The highest BCUT2D eigenvalue weighted by Crippen LogP contribution is 2.17. The van der Waals surface area contributed by atoms with E-state index < -0.39 is 28.7 Å². The van der Waals surface area contributed by atoms with E-state index in [2.05, 4.69) is 4.74 Å². The molecule has 0 atom stereocenters. The minimum atomic E-state index is -4.62. The topological polar surface area (TPSA) is 72.5 Å². The van der Waals surface area contributed by atoms with Crippen LogP contribution in [0.5, 0.6) is 0 Å². The van der Waals surface area contributed by atoms with Crippen LogP contribution in [0.1, 0.15) is 0 Å². The molecule has 0 aliphatic carbocycles. The van der Waals surface area contributed by atoms with Crippen LogP contribution in [-0.2, 0) is 14.6 Å². The molecule has 0 heterocycles. The lowest BCUT2D eigenvalue weighted by Crippen LogP contribution is -2.23. The van der Waals surface area contributed by atoms with E-state index in [1.54, 1.807) is 0 Å². The SMILES string of the molecule is CS(=O)(=O)c1cccc(NC(=O)OCC(F)(F)F)c1. The van der Waals surface area contributed by atoms with Crippen LogP contribution in [-0.4, -0.2) is 33.5 Å². The summed E-state index contributed by atoms with van der Waals surface area (Å²) in [6.45, 7) is -1.72. The minimum Gasteiger partial charge on any atom is -0.440 e. The zero-order chi connectivity index (χ0) is 14.7. The van der Waals surface area contributed by atoms with Crippen LogP contribution in [0.25, 0.3) is 0 Å². The molecule has 0 bridgehead atoms. The van der Waals surface area contributed by atoms with Crippen LogP contribution < -0.4 is 5.32 Å². The Morgan fingerprint density at radius 1 is 1.37 bits per heavy atom. The number of carbonyl (C=O) groups is 1. The van der Waals surface area contributed by atoms with Crippen molar-refractivity contribution in [1.82, 2.24) is 0 Å². The van der Waals surface area contributed by atoms with Gasteiger partial charge in [0.25, 0.3) is 0 Å². The van der Waals surface area contributed by atoms with E-state index in [0.717, 1.165) is 12.3 Å². The smallest absolute Gasteiger partial charge is 0.422 e. The maximum Gasteiger partial charge on any atom is 0.422 e. The Labute approximate surface area is 107 Å². The third-order valence-corrected chi connectivity index (χ3v) is 2.99. The van der Waals surface area contributed by atoms with E-state index >= 15 is 0 Å². The molecule has 1 rings (SSSR count). The fourth-order valence-corrected chi connectivity index (χ4v) is 1.77. The van der Waals surface area contributed by atoms with E-state index in [-0.39, 0.29) is 10.6 Å². The van der Waals surface area contributed by atoms with Crippen LogP contribution in [0, 0.1) is 0 Å². The molecule has 0 saturated carbocycles. The lowest BCUT2D eigenvalue weighted by molar-refractivity contribution is -0.159. The second-order valence-electron chi connectivity index (χ2n) is 3.62. The number of hydrogen-bond donors (Lipinski definition) is 1. The Kier molecular flexibility index (Phi) is 4.40. The van der Waals surface area contributed by atoms with Gasteiger partial charge in [0.05, 0.1) is 4.90 Å². The molecule has 19 heavy (non-hydrogen) atoms. The molecule has 1 amide bonds. The summed E-state index contributed by atoms with van der Waals surface area (Å²) in [5.74, 6) is 0. The number of alkyl halides is 3. The molecule has 0 saturated heterocycles. The summed E-state index contributed by atoms with van der Waals surface area (Å²) in [4.78, 5) is 11.0. The molecule has 0 spiro atoms. The highest BCUT2D eigenvalue weighted by molar-refractivity contribution is 7.90. The largest absolute Gasteiger partial charge is 0.440 e. The molecule has 9 heteroatoms. The summed E-state index contributed by atoms with van der Waals surface area (Å²) in [5.41, 5.74) is 0.0232. The molecule has 1 aromatic carbocycles. The Morgan fingerprint density at radius 3 is 2.53 bits per heavy atom. The molecule has 0 fully saturated rings. The third-order valence-electron chi connectivity index (χ3n) is 1.88. The molecular weight excluding hydrogens is 287 g/mol. The van der Waals surface area contributed by atoms with Gasteiger partial charge in [0.1, 0.15) is 0 Å². The number of benzene rings is 1. The minimum absolute atomic E-state index is 0.0232. The Morgan fingerprint density at radius 2 is 2.00 bits per heavy atom. The monoisotopic (exact) mass is 297 g/mol. The fourth-order valence-electron chi connectivity index (χ4n) is 1.11. The molecular formula is C10H10F3NO4S. The molecule has 0 aromatic heterocycles. The number of carbonyl (C=O) groups excluding carboxylic acids is 1. The lowest BCUT2D eigenvalue weighted by atomic mass is 10.3. The number of halogens is 3. The Balaban J connectivity index is 2.70. The lowest BCUT2D eigenvalue weighted by Gasteiger charge is -2.09. The van der Waals surface area contributed by atoms with Crippen LogP contribution in [0.2, 0.25) is 0 Å². The summed E-state index contributed by atoms with van der Waals surface area (Å²) in [5, 5.41) is 2.00. The molecule has 5 nitrogen and oxygen atoms in total. The first-order valence-electron chi connectivity index (χ1n) is 4.88. The summed E-state index contributed by atoms with van der Waals surface area (Å²) >= 11 is 0. The van der Waals surface area contributed by atoms with Gasteiger partial charge < -0.3 is 4.74 Å². The van der Waals surface area contributed by atoms with E-state index in [4.69, 9.17) is 0 Å². The number of sulfone groups is 1. The summed E-state index contributed by atoms with van der Waals surface area (Å²) < 4.78 is 61.8. The second-order valence-corrected chi connectivity index (χ2v) is 5.63. The summed E-state index contributed by atoms with van der Waals surface area (Å²) in [6.07, 6.45) is -4.97. The maximum absolute atomic E-state index is 11.8. The fraction of sp³-hybridized carbons (Fsp3) is 0.300. The number of ether oxygens (including phenoxy) is 1. The van der Waals surface area contributed by atoms with Gasteiger partial charge >= 0.3 is 12.3 Å². The zero-order valence-electron chi connectivity index (χ0n) is 9.69. The van der Waals surface area contributed by atoms with Gasteiger partial charge in [-0.1, -0.05) is 6.07 Å². The maximum atomic E-state index is 11.8. The van der Waals surface area contributed by atoms with Gasteiger partial charge in [-0.25, -0.2) is 13.2 Å². The summed E-state index contributed by atoms with van der Waals surface area (Å²) in [6, 6.07) is 5.07. The summed E-state index contributed by atoms with van der Waals surface area (Å²) in [7, 11) is -3.47. The van der Waals surface area contributed by atoms with Gasteiger partial charge in [-0.05, 0) is 18.2 Å². The van der Waals surface area contributed by atoms with Crippen molar-refractivity contribution in [2.75, 3.05) is 18.2 Å². The van der Waals surface area contributed by atoms with Gasteiger partial charge in [0.2, 0.25) is 0 Å². The van der Waals surface area contributed by atoms with E-state index in [1.165, 1.54) is 18.2 Å². The average molecular weight is 297 g/mol. The van der Waals surface area contributed by atoms with Crippen LogP contribution in [0.15, 0.2) is 29.2 Å². The van der Waals surface area contributed by atoms with Gasteiger partial charge in [-0.2, -0.15) is 13.2 Å². The first-order chi connectivity index (χ1) is 8.58. The number of amides is 1. The number of rotatable bonds is 3. The number of anilines is 1. The molecule has 1 N–H and O–H groups in total. The molecule has 0 radical (unpaired) electrons. The first kappa shape index (κ1) is 15.3. The Hall–Kier alpha value is -1.77. The number of nitrogens with one attached hydrogen (secondary N) is 1. The van der Waals surface area contributed by atoms with Gasteiger partial charge in [0, 0.05) is 11.9 Å². The quantitative estimate of drug-likeness (QED) is 0.928. The number of hydrogen-bond acceptors (Lipinski definition) is 4. The van der Waals surface area contributed by atoms with E-state index in [9.17, 15) is 26.4 Å². The normalized spacial score (nSPS) is 12.0. The molecule has 0 aliphatic heterocycles. The van der Waals surface area contributed by atoms with Crippen molar-refractivity contribution in [3.63, 3.8) is 0 Å². The van der Waals surface area contributed by atoms with Crippen molar-refractivity contribution >= 4 is 21.6 Å². The highest BCUT2D eigenvalue weighted by atomic mass is 32.2. The first-order valence-corrected chi connectivity index (χ1v) is 6.78. The van der Waals surface area contributed by atoms with Crippen LogP contribution in [0.4, 0.5) is 23.7 Å². The molecule has 106 valence electrons. The standard InChI is InChI=1S/C10H10F3NO4S/c1-19(16,17)8-4-2-3-7(5-8)14-9(15)18-6-10(11,12)13/h2-5H,6H2,1H3,(H,14,15). The van der Waals surface area contributed by atoms with Gasteiger partial charge in [-0.15, -0.1) is 0 Å². The van der Waals surface area contributed by atoms with Gasteiger partial charge in [-0.3, -0.25) is 5.32 Å². The van der Waals surface area contributed by atoms with Crippen molar-refractivity contribution in [2.45, 2.75) is 11.1 Å². The van der Waals surface area contributed by atoms with Crippen molar-refractivity contribution in [3.8, 4) is 0 Å². The van der Waals surface area contributed by atoms with Crippen molar-refractivity contribution in [3.05, 3.63) is 24.3 Å². The Bertz CT molecular complexity index is 568. The highest BCUT2D eigenvalue weighted by Gasteiger charge is 2.29. The van der Waals surface area contributed by atoms with Gasteiger partial charge in [0.15, 0.2) is 16.4 Å². The molecule has 0 unspecified atom stereocenters. The molecule has 0 aliphatic rings. The predicted molar refractivity (Wildman–Crippen MR) is 60.6 cm³/mol. The molecule has 1 aromatic rings. The van der Waals surface area contributed by atoms with Crippen LogP contribution in [0.3, 0.4) is 0 Å².